The topological polar surface area (TPSA) is 29.9 Å². The van der Waals surface area contributed by atoms with E-state index >= 15 is 0 Å². The third-order valence-electron chi connectivity index (χ3n) is 4.53. The van der Waals surface area contributed by atoms with Crippen LogP contribution >= 0.6 is 0 Å². The Morgan fingerprint density at radius 3 is 3.05 bits per heavy atom. The van der Waals surface area contributed by atoms with Crippen LogP contribution in [0.3, 0.4) is 0 Å². The fraction of sp³-hybridized carbons (Fsp3) is 0.500. The van der Waals surface area contributed by atoms with Gasteiger partial charge < -0.3 is 5.32 Å². The summed E-state index contributed by atoms with van der Waals surface area (Å²) in [5.74, 6) is 0.664. The lowest BCUT2D eigenvalue weighted by Crippen LogP contribution is -2.24. The molecule has 1 aromatic heterocycles. The van der Waals surface area contributed by atoms with Crippen LogP contribution in [0.4, 0.5) is 0 Å². The first kappa shape index (κ1) is 14.3. The van der Waals surface area contributed by atoms with Crippen molar-refractivity contribution in [3.63, 3.8) is 0 Å². The van der Waals surface area contributed by atoms with Crippen LogP contribution in [0.15, 0.2) is 30.5 Å². The van der Waals surface area contributed by atoms with Gasteiger partial charge in [0, 0.05) is 31.9 Å². The Morgan fingerprint density at radius 2 is 2.19 bits per heavy atom. The van der Waals surface area contributed by atoms with E-state index in [1.165, 1.54) is 30.5 Å². The Hall–Kier alpha value is -1.61. The summed E-state index contributed by atoms with van der Waals surface area (Å²) in [6.45, 7) is 4.16. The van der Waals surface area contributed by atoms with E-state index < -0.39 is 0 Å². The predicted octanol–water partition coefficient (Wildman–Crippen LogP) is 3.19. The van der Waals surface area contributed by atoms with E-state index in [9.17, 15) is 0 Å². The third kappa shape index (κ3) is 3.18. The van der Waals surface area contributed by atoms with Gasteiger partial charge in [0.25, 0.3) is 0 Å². The molecule has 0 saturated carbocycles. The number of rotatable bonds is 5. The number of aromatic nitrogens is 2. The lowest BCUT2D eigenvalue weighted by molar-refractivity contribution is 0.506. The highest BCUT2D eigenvalue weighted by atomic mass is 15.3. The maximum Gasteiger partial charge on any atom is 0.0666 e. The minimum Gasteiger partial charge on any atom is -0.312 e. The molecule has 0 radical (unpaired) electrons. The maximum atomic E-state index is 4.51. The molecular formula is C18H25N3. The van der Waals surface area contributed by atoms with E-state index in [-0.39, 0.29) is 0 Å². The Morgan fingerprint density at radius 1 is 1.33 bits per heavy atom. The van der Waals surface area contributed by atoms with Crippen molar-refractivity contribution in [2.45, 2.75) is 45.1 Å². The van der Waals surface area contributed by atoms with Gasteiger partial charge in [-0.15, -0.1) is 0 Å². The molecule has 1 unspecified atom stereocenters. The van der Waals surface area contributed by atoms with Crippen molar-refractivity contribution in [1.82, 2.24) is 15.1 Å². The average molecular weight is 283 g/mol. The van der Waals surface area contributed by atoms with Crippen LogP contribution in [0.2, 0.25) is 0 Å². The number of hydrogen-bond acceptors (Lipinski definition) is 2. The maximum absolute atomic E-state index is 4.51. The normalized spacial score (nSPS) is 17.7. The second-order valence-corrected chi connectivity index (χ2v) is 6.05. The third-order valence-corrected chi connectivity index (χ3v) is 4.53. The number of benzene rings is 1. The second-order valence-electron chi connectivity index (χ2n) is 6.05. The molecule has 3 nitrogen and oxygen atoms in total. The van der Waals surface area contributed by atoms with E-state index in [2.05, 4.69) is 47.8 Å². The number of nitrogens with zero attached hydrogens (tertiary/aromatic N) is 2. The molecule has 0 amide bonds. The molecule has 0 aliphatic heterocycles. The highest BCUT2D eigenvalue weighted by Gasteiger charge is 2.19. The fourth-order valence-electron chi connectivity index (χ4n) is 3.48. The molecule has 1 heterocycles. The molecule has 0 saturated heterocycles. The van der Waals surface area contributed by atoms with Crippen molar-refractivity contribution in [2.24, 2.45) is 7.05 Å². The van der Waals surface area contributed by atoms with E-state index in [1.54, 1.807) is 11.1 Å². The molecule has 1 aliphatic carbocycles. The SMILES string of the molecule is CCc1nn(C)cc1CNCC1CCCc2ccccc21. The average Bonchev–Trinajstić information content (AvgIpc) is 2.87. The highest BCUT2D eigenvalue weighted by molar-refractivity contribution is 5.32. The molecule has 112 valence electrons. The van der Waals surface area contributed by atoms with E-state index in [0.29, 0.717) is 5.92 Å². The first-order chi connectivity index (χ1) is 10.3. The molecule has 3 rings (SSSR count). The van der Waals surface area contributed by atoms with Gasteiger partial charge in [0.1, 0.15) is 0 Å². The Kier molecular flexibility index (Phi) is 4.39. The van der Waals surface area contributed by atoms with Crippen LogP contribution in [0.1, 0.15) is 48.1 Å². The molecule has 1 N–H and O–H groups in total. The van der Waals surface area contributed by atoms with Crippen LogP contribution in [-0.2, 0) is 26.4 Å². The lowest BCUT2D eigenvalue weighted by atomic mass is 9.83. The van der Waals surface area contributed by atoms with Crippen LogP contribution in [-0.4, -0.2) is 16.3 Å². The van der Waals surface area contributed by atoms with Crippen molar-refractivity contribution in [3.05, 3.63) is 52.8 Å². The Labute approximate surface area is 127 Å². The van der Waals surface area contributed by atoms with Gasteiger partial charge in [0.15, 0.2) is 0 Å². The Balaban J connectivity index is 1.61. The second kappa shape index (κ2) is 6.44. The standard InChI is InChI=1S/C18H25N3/c1-3-18-16(13-21(2)20-18)12-19-11-15-9-6-8-14-7-4-5-10-17(14)15/h4-5,7,10,13,15,19H,3,6,8-9,11-12H2,1-2H3. The summed E-state index contributed by atoms with van der Waals surface area (Å²) in [5, 5.41) is 8.15. The largest absolute Gasteiger partial charge is 0.312 e. The summed E-state index contributed by atoms with van der Waals surface area (Å²) >= 11 is 0. The summed E-state index contributed by atoms with van der Waals surface area (Å²) in [6.07, 6.45) is 7.01. The predicted molar refractivity (Wildman–Crippen MR) is 86.4 cm³/mol. The number of aryl methyl sites for hydroxylation is 3. The molecule has 1 atom stereocenters. The number of fused-ring (bicyclic) bond motifs is 1. The summed E-state index contributed by atoms with van der Waals surface area (Å²) in [6, 6.07) is 8.94. The summed E-state index contributed by atoms with van der Waals surface area (Å²) in [7, 11) is 2.00. The monoisotopic (exact) mass is 283 g/mol. The van der Waals surface area contributed by atoms with Crippen molar-refractivity contribution < 1.29 is 0 Å². The number of nitrogens with one attached hydrogen (secondary N) is 1. The van der Waals surface area contributed by atoms with Crippen LogP contribution in [0.25, 0.3) is 0 Å². The number of hydrogen-bond donors (Lipinski definition) is 1. The molecule has 0 bridgehead atoms. The first-order valence-electron chi connectivity index (χ1n) is 8.08. The molecule has 2 aromatic rings. The summed E-state index contributed by atoms with van der Waals surface area (Å²) in [4.78, 5) is 0. The van der Waals surface area contributed by atoms with Crippen molar-refractivity contribution in [1.29, 1.82) is 0 Å². The van der Waals surface area contributed by atoms with Gasteiger partial charge in [0.05, 0.1) is 5.69 Å². The molecule has 0 fully saturated rings. The summed E-state index contributed by atoms with van der Waals surface area (Å²) < 4.78 is 1.92. The van der Waals surface area contributed by atoms with Crippen LogP contribution < -0.4 is 5.32 Å². The van der Waals surface area contributed by atoms with E-state index in [4.69, 9.17) is 0 Å². The highest BCUT2D eigenvalue weighted by Crippen LogP contribution is 2.30. The zero-order valence-electron chi connectivity index (χ0n) is 13.1. The molecule has 3 heteroatoms. The molecule has 0 spiro atoms. The van der Waals surface area contributed by atoms with Gasteiger partial charge in [-0.1, -0.05) is 31.2 Å². The zero-order chi connectivity index (χ0) is 14.7. The van der Waals surface area contributed by atoms with Gasteiger partial charge in [-0.05, 0) is 42.7 Å². The lowest BCUT2D eigenvalue weighted by Gasteiger charge is -2.25. The fourth-order valence-corrected chi connectivity index (χ4v) is 3.48. The minimum absolute atomic E-state index is 0.664. The molecule has 1 aliphatic rings. The van der Waals surface area contributed by atoms with Crippen molar-refractivity contribution >= 4 is 0 Å². The van der Waals surface area contributed by atoms with E-state index in [1.807, 2.05) is 11.7 Å². The van der Waals surface area contributed by atoms with E-state index in [0.717, 1.165) is 19.5 Å². The molecule has 21 heavy (non-hydrogen) atoms. The van der Waals surface area contributed by atoms with Crippen LogP contribution in [0.5, 0.6) is 0 Å². The van der Waals surface area contributed by atoms with Crippen molar-refractivity contribution in [2.75, 3.05) is 6.54 Å². The molecule has 1 aromatic carbocycles. The van der Waals surface area contributed by atoms with Gasteiger partial charge in [0.2, 0.25) is 0 Å². The summed E-state index contributed by atoms with van der Waals surface area (Å²) in [5.41, 5.74) is 5.66. The Bertz CT molecular complexity index is 600. The molecular weight excluding hydrogens is 258 g/mol. The van der Waals surface area contributed by atoms with Gasteiger partial charge >= 0.3 is 0 Å². The van der Waals surface area contributed by atoms with Gasteiger partial charge in [-0.3, -0.25) is 4.68 Å². The quantitative estimate of drug-likeness (QED) is 0.913. The van der Waals surface area contributed by atoms with Crippen molar-refractivity contribution in [3.8, 4) is 0 Å². The smallest absolute Gasteiger partial charge is 0.0666 e. The first-order valence-corrected chi connectivity index (χ1v) is 8.08. The van der Waals surface area contributed by atoms with Gasteiger partial charge in [-0.25, -0.2) is 0 Å². The zero-order valence-corrected chi connectivity index (χ0v) is 13.1. The minimum atomic E-state index is 0.664. The van der Waals surface area contributed by atoms with Crippen LogP contribution in [0, 0.1) is 0 Å². The van der Waals surface area contributed by atoms with Gasteiger partial charge in [-0.2, -0.15) is 5.10 Å².